The molecule has 0 fully saturated rings. The summed E-state index contributed by atoms with van der Waals surface area (Å²) in [6, 6.07) is 15.5. The van der Waals surface area contributed by atoms with Gasteiger partial charge in [0, 0.05) is 6.04 Å². The van der Waals surface area contributed by atoms with Crippen molar-refractivity contribution in [3.05, 3.63) is 48.5 Å². The molecule has 1 heterocycles. The fourth-order valence-corrected chi connectivity index (χ4v) is 4.20. The number of hydrogen-bond acceptors (Lipinski definition) is 6. The molecule has 0 saturated heterocycles. The first-order valence-corrected chi connectivity index (χ1v) is 12.1. The van der Waals surface area contributed by atoms with E-state index in [2.05, 4.69) is 29.4 Å². The first kappa shape index (κ1) is 24.6. The van der Waals surface area contributed by atoms with Gasteiger partial charge in [-0.3, -0.25) is 9.36 Å². The molecule has 33 heavy (non-hydrogen) atoms. The Morgan fingerprint density at radius 1 is 1.00 bits per heavy atom. The summed E-state index contributed by atoms with van der Waals surface area (Å²) in [5.74, 6) is 2.97. The van der Waals surface area contributed by atoms with E-state index in [4.69, 9.17) is 9.47 Å². The lowest BCUT2D eigenvalue weighted by molar-refractivity contribution is -0.119. The van der Waals surface area contributed by atoms with Crippen LogP contribution in [0.5, 0.6) is 11.5 Å². The molecule has 3 aromatic rings. The Hall–Kier alpha value is -3.00. The molecule has 0 spiro atoms. The van der Waals surface area contributed by atoms with Crippen LogP contribution >= 0.6 is 11.8 Å². The van der Waals surface area contributed by atoms with Gasteiger partial charge in [-0.25, -0.2) is 0 Å². The number of para-hydroxylation sites is 1. The van der Waals surface area contributed by atoms with Gasteiger partial charge >= 0.3 is 0 Å². The molecule has 0 saturated carbocycles. The van der Waals surface area contributed by atoms with E-state index in [9.17, 15) is 4.79 Å². The number of rotatable bonds is 11. The van der Waals surface area contributed by atoms with Gasteiger partial charge in [-0.1, -0.05) is 37.7 Å². The number of nitrogens with one attached hydrogen (secondary N) is 1. The summed E-state index contributed by atoms with van der Waals surface area (Å²) in [7, 11) is 3.27. The highest BCUT2D eigenvalue weighted by Crippen LogP contribution is 2.33. The SMILES string of the molecule is COc1ccc(-n2c(SCC(=O)NC(C)CCC(C)C)nnc2-c2ccccc2OC)cc1. The van der Waals surface area contributed by atoms with E-state index in [0.717, 1.165) is 29.8 Å². The van der Waals surface area contributed by atoms with Gasteiger partial charge in [0.1, 0.15) is 11.5 Å². The first-order valence-electron chi connectivity index (χ1n) is 11.1. The molecule has 0 aliphatic carbocycles. The van der Waals surface area contributed by atoms with Crippen LogP contribution in [0.4, 0.5) is 0 Å². The van der Waals surface area contributed by atoms with Gasteiger partial charge in [-0.2, -0.15) is 0 Å². The Morgan fingerprint density at radius 3 is 2.39 bits per heavy atom. The van der Waals surface area contributed by atoms with Crippen molar-refractivity contribution in [2.75, 3.05) is 20.0 Å². The molecule has 1 aromatic heterocycles. The minimum Gasteiger partial charge on any atom is -0.497 e. The zero-order chi connectivity index (χ0) is 23.8. The second-order valence-corrected chi connectivity index (χ2v) is 9.21. The summed E-state index contributed by atoms with van der Waals surface area (Å²) < 4.78 is 12.8. The Balaban J connectivity index is 1.85. The highest BCUT2D eigenvalue weighted by molar-refractivity contribution is 7.99. The van der Waals surface area contributed by atoms with Crippen molar-refractivity contribution in [3.63, 3.8) is 0 Å². The number of aromatic nitrogens is 3. The van der Waals surface area contributed by atoms with Crippen molar-refractivity contribution < 1.29 is 14.3 Å². The van der Waals surface area contributed by atoms with E-state index in [-0.39, 0.29) is 17.7 Å². The maximum atomic E-state index is 12.6. The number of amides is 1. The lowest BCUT2D eigenvalue weighted by atomic mass is 10.0. The standard InChI is InChI=1S/C25H32N4O3S/c1-17(2)10-11-18(3)26-23(30)16-33-25-28-27-24(21-8-6-7-9-22(21)32-5)29(25)19-12-14-20(31-4)15-13-19/h6-9,12-15,17-18H,10-11,16H2,1-5H3,(H,26,30). The number of methoxy groups -OCH3 is 2. The normalized spacial score (nSPS) is 11.9. The second kappa shape index (κ2) is 11.7. The fraction of sp³-hybridized carbons (Fsp3) is 0.400. The zero-order valence-electron chi connectivity index (χ0n) is 19.9. The summed E-state index contributed by atoms with van der Waals surface area (Å²) in [5, 5.41) is 12.6. The van der Waals surface area contributed by atoms with Crippen LogP contribution in [-0.4, -0.2) is 46.7 Å². The Bertz CT molecular complexity index is 1050. The summed E-state index contributed by atoms with van der Waals surface area (Å²) in [4.78, 5) is 12.6. The summed E-state index contributed by atoms with van der Waals surface area (Å²) in [6.45, 7) is 6.43. The van der Waals surface area contributed by atoms with Crippen molar-refractivity contribution in [3.8, 4) is 28.6 Å². The summed E-state index contributed by atoms with van der Waals surface area (Å²) >= 11 is 1.36. The molecule has 1 unspecified atom stereocenters. The number of carbonyl (C=O) groups excluding carboxylic acids is 1. The molecule has 7 nitrogen and oxygen atoms in total. The van der Waals surface area contributed by atoms with Crippen molar-refractivity contribution in [1.82, 2.24) is 20.1 Å². The molecule has 176 valence electrons. The van der Waals surface area contributed by atoms with Crippen LogP contribution in [0.25, 0.3) is 17.1 Å². The van der Waals surface area contributed by atoms with Crippen LogP contribution in [0.2, 0.25) is 0 Å². The van der Waals surface area contributed by atoms with Crippen molar-refractivity contribution in [1.29, 1.82) is 0 Å². The van der Waals surface area contributed by atoms with Gasteiger partial charge < -0.3 is 14.8 Å². The first-order chi connectivity index (χ1) is 15.9. The molecule has 1 amide bonds. The molecule has 2 aromatic carbocycles. The lowest BCUT2D eigenvalue weighted by Gasteiger charge is -2.15. The van der Waals surface area contributed by atoms with Crippen LogP contribution in [0, 0.1) is 5.92 Å². The number of benzene rings is 2. The minimum atomic E-state index is -0.0145. The molecule has 3 rings (SSSR count). The van der Waals surface area contributed by atoms with Crippen LogP contribution in [-0.2, 0) is 4.79 Å². The lowest BCUT2D eigenvalue weighted by Crippen LogP contribution is -2.34. The van der Waals surface area contributed by atoms with Gasteiger partial charge in [-0.15, -0.1) is 10.2 Å². The average molecular weight is 469 g/mol. The molecule has 0 radical (unpaired) electrons. The topological polar surface area (TPSA) is 78.3 Å². The van der Waals surface area contributed by atoms with Crippen LogP contribution in [0.3, 0.4) is 0 Å². The van der Waals surface area contributed by atoms with Gasteiger partial charge in [0.25, 0.3) is 0 Å². The Morgan fingerprint density at radius 2 is 1.73 bits per heavy atom. The van der Waals surface area contributed by atoms with E-state index >= 15 is 0 Å². The van der Waals surface area contributed by atoms with Gasteiger partial charge in [-0.05, 0) is 62.1 Å². The van der Waals surface area contributed by atoms with E-state index < -0.39 is 0 Å². The van der Waals surface area contributed by atoms with Crippen LogP contribution in [0.1, 0.15) is 33.6 Å². The predicted octanol–water partition coefficient (Wildman–Crippen LogP) is 4.98. The molecule has 0 bridgehead atoms. The molecule has 0 aliphatic heterocycles. The quantitative estimate of drug-likeness (QED) is 0.400. The van der Waals surface area contributed by atoms with E-state index in [1.807, 2.05) is 60.0 Å². The van der Waals surface area contributed by atoms with Gasteiger partial charge in [0.15, 0.2) is 11.0 Å². The van der Waals surface area contributed by atoms with E-state index in [1.165, 1.54) is 11.8 Å². The number of hydrogen-bond donors (Lipinski definition) is 1. The predicted molar refractivity (Wildman–Crippen MR) is 132 cm³/mol. The van der Waals surface area contributed by atoms with E-state index in [1.54, 1.807) is 14.2 Å². The van der Waals surface area contributed by atoms with E-state index in [0.29, 0.717) is 22.6 Å². The number of nitrogens with zero attached hydrogens (tertiary/aromatic N) is 3. The van der Waals surface area contributed by atoms with Crippen molar-refractivity contribution in [2.24, 2.45) is 5.92 Å². The maximum absolute atomic E-state index is 12.6. The van der Waals surface area contributed by atoms with Gasteiger partial charge in [0.05, 0.1) is 31.2 Å². The molecule has 1 N–H and O–H groups in total. The minimum absolute atomic E-state index is 0.0145. The maximum Gasteiger partial charge on any atom is 0.230 e. The fourth-order valence-electron chi connectivity index (χ4n) is 3.43. The summed E-state index contributed by atoms with van der Waals surface area (Å²) in [5.41, 5.74) is 1.69. The highest BCUT2D eigenvalue weighted by atomic mass is 32.2. The van der Waals surface area contributed by atoms with Crippen molar-refractivity contribution >= 4 is 17.7 Å². The smallest absolute Gasteiger partial charge is 0.230 e. The number of ether oxygens (including phenoxy) is 2. The molecule has 8 heteroatoms. The van der Waals surface area contributed by atoms with Gasteiger partial charge in [0.2, 0.25) is 5.91 Å². The average Bonchev–Trinajstić information content (AvgIpc) is 3.25. The zero-order valence-corrected chi connectivity index (χ0v) is 20.7. The van der Waals surface area contributed by atoms with Crippen LogP contribution < -0.4 is 14.8 Å². The third-order valence-electron chi connectivity index (χ3n) is 5.23. The third-order valence-corrected chi connectivity index (χ3v) is 6.16. The Kier molecular flexibility index (Phi) is 8.77. The molecular formula is C25H32N4O3S. The largest absolute Gasteiger partial charge is 0.497 e. The number of carbonyl (C=O) groups is 1. The monoisotopic (exact) mass is 468 g/mol. The third kappa shape index (κ3) is 6.51. The Labute approximate surface area is 199 Å². The van der Waals surface area contributed by atoms with Crippen molar-refractivity contribution in [2.45, 2.75) is 44.8 Å². The molecule has 1 atom stereocenters. The highest BCUT2D eigenvalue weighted by Gasteiger charge is 2.20. The summed E-state index contributed by atoms with van der Waals surface area (Å²) in [6.07, 6.45) is 2.05. The number of thioether (sulfide) groups is 1. The second-order valence-electron chi connectivity index (χ2n) is 8.27. The molecular weight excluding hydrogens is 436 g/mol. The molecule has 0 aliphatic rings. The van der Waals surface area contributed by atoms with Crippen LogP contribution in [0.15, 0.2) is 53.7 Å².